The number of methoxy groups -OCH3 is 1. The van der Waals surface area contributed by atoms with E-state index in [-0.39, 0.29) is 26.4 Å². The van der Waals surface area contributed by atoms with E-state index in [1.807, 2.05) is 0 Å². The van der Waals surface area contributed by atoms with Crippen LogP contribution in [0.5, 0.6) is 5.75 Å². The van der Waals surface area contributed by atoms with Crippen LogP contribution in [-0.2, 0) is 14.3 Å². The lowest BCUT2D eigenvalue weighted by atomic mass is 10.2. The Morgan fingerprint density at radius 3 is 2.96 bits per heavy atom. The first-order valence-electron chi connectivity index (χ1n) is 5.98. The summed E-state index contributed by atoms with van der Waals surface area (Å²) in [6, 6.07) is 2.03. The Hall–Kier alpha value is -2.39. The number of nitrogens with zero attached hydrogens (tertiary/aromatic N) is 2. The van der Waals surface area contributed by atoms with Gasteiger partial charge in [-0.05, 0) is 17.8 Å². The third-order valence-corrected chi connectivity index (χ3v) is 3.72. The second kappa shape index (κ2) is 7.25. The summed E-state index contributed by atoms with van der Waals surface area (Å²) in [5.41, 5.74) is 0.0109. The fourth-order valence-electron chi connectivity index (χ4n) is 1.44. The van der Waals surface area contributed by atoms with Gasteiger partial charge in [0.05, 0.1) is 23.3 Å². The van der Waals surface area contributed by atoms with Gasteiger partial charge < -0.3 is 9.84 Å². The minimum atomic E-state index is -0.731. The van der Waals surface area contributed by atoms with Crippen LogP contribution in [0.25, 0.3) is 0 Å². The fraction of sp³-hybridized carbons (Fsp3) is 0.0769. The first-order valence-corrected chi connectivity index (χ1v) is 7.18. The second-order valence-electron chi connectivity index (χ2n) is 4.06. The van der Waals surface area contributed by atoms with E-state index in [0.29, 0.717) is 0 Å². The molecule has 2 N–H and O–H groups in total. The largest absolute Gasteiger partial charge is 0.506 e. The monoisotopic (exact) mass is 357 g/mol. The van der Waals surface area contributed by atoms with Crippen LogP contribution in [0.4, 0.5) is 4.39 Å². The number of hydrogen-bond donors (Lipinski definition) is 2. The summed E-state index contributed by atoms with van der Waals surface area (Å²) in [6.45, 7) is 0. The molecule has 7 nitrogen and oxygen atoms in total. The van der Waals surface area contributed by atoms with Crippen molar-refractivity contribution >= 4 is 46.6 Å². The summed E-state index contributed by atoms with van der Waals surface area (Å²) < 4.78 is 18.0. The molecule has 1 saturated heterocycles. The molecule has 1 amide bonds. The smallest absolute Gasteiger partial charge is 0.331 e. The van der Waals surface area contributed by atoms with Crippen LogP contribution in [0.2, 0.25) is 5.02 Å². The maximum Gasteiger partial charge on any atom is 0.331 e. The van der Waals surface area contributed by atoms with Crippen molar-refractivity contribution in [3.63, 3.8) is 0 Å². The molecule has 120 valence electrons. The van der Waals surface area contributed by atoms with Crippen molar-refractivity contribution in [3.8, 4) is 5.75 Å². The van der Waals surface area contributed by atoms with Gasteiger partial charge in [-0.1, -0.05) is 11.6 Å². The number of thioether (sulfide) groups is 1. The molecule has 0 radical (unpaired) electrons. The van der Waals surface area contributed by atoms with Crippen molar-refractivity contribution in [3.05, 3.63) is 39.5 Å². The molecule has 1 aromatic carbocycles. The number of amides is 1. The molecule has 0 saturated carbocycles. The molecule has 2 rings (SSSR count). The number of esters is 1. The van der Waals surface area contributed by atoms with Gasteiger partial charge >= 0.3 is 5.97 Å². The van der Waals surface area contributed by atoms with Gasteiger partial charge in [-0.15, -0.1) is 5.10 Å². The predicted molar refractivity (Wildman–Crippen MR) is 83.9 cm³/mol. The molecule has 0 bridgehead atoms. The van der Waals surface area contributed by atoms with Gasteiger partial charge in [0, 0.05) is 17.7 Å². The zero-order valence-electron chi connectivity index (χ0n) is 11.5. The van der Waals surface area contributed by atoms with E-state index in [1.165, 1.54) is 13.2 Å². The molecule has 0 unspecified atom stereocenters. The SMILES string of the molecule is COC(=O)/C=C1/S/C(=N\N=Cc2cc(Cl)c(O)cc2F)NC1=O. The molecule has 1 fully saturated rings. The van der Waals surface area contributed by atoms with E-state index in [9.17, 15) is 19.1 Å². The average molecular weight is 358 g/mol. The predicted octanol–water partition coefficient (Wildman–Crippen LogP) is 1.79. The van der Waals surface area contributed by atoms with Gasteiger partial charge in [-0.2, -0.15) is 5.10 Å². The summed E-state index contributed by atoms with van der Waals surface area (Å²) in [5.74, 6) is -2.31. The Kier molecular flexibility index (Phi) is 5.35. The van der Waals surface area contributed by atoms with Crippen LogP contribution in [-0.4, -0.2) is 35.5 Å². The minimum Gasteiger partial charge on any atom is -0.506 e. The maximum atomic E-state index is 13.5. The number of nitrogens with one attached hydrogen (secondary N) is 1. The number of carbonyl (C=O) groups excluding carboxylic acids is 2. The minimum absolute atomic E-state index is 0.0109. The van der Waals surface area contributed by atoms with Gasteiger partial charge in [0.1, 0.15) is 11.6 Å². The van der Waals surface area contributed by atoms with Crippen LogP contribution < -0.4 is 5.32 Å². The third kappa shape index (κ3) is 4.30. The van der Waals surface area contributed by atoms with Crippen LogP contribution in [0.3, 0.4) is 0 Å². The number of halogens is 2. The van der Waals surface area contributed by atoms with Crippen molar-refractivity contribution in [1.82, 2.24) is 5.32 Å². The number of rotatable bonds is 3. The second-order valence-corrected chi connectivity index (χ2v) is 5.50. The molecular formula is C13H9ClFN3O4S. The molecule has 1 aliphatic heterocycles. The zero-order valence-corrected chi connectivity index (χ0v) is 13.1. The normalized spacial score (nSPS) is 18.0. The Morgan fingerprint density at radius 2 is 2.26 bits per heavy atom. The van der Waals surface area contributed by atoms with Crippen molar-refractivity contribution in [2.24, 2.45) is 10.2 Å². The van der Waals surface area contributed by atoms with Crippen LogP contribution >= 0.6 is 23.4 Å². The number of aromatic hydroxyl groups is 1. The van der Waals surface area contributed by atoms with Gasteiger partial charge in [0.15, 0.2) is 5.17 Å². The van der Waals surface area contributed by atoms with Gasteiger partial charge in [-0.3, -0.25) is 10.1 Å². The highest BCUT2D eigenvalue weighted by molar-refractivity contribution is 8.18. The number of carbonyl (C=O) groups is 2. The number of phenolic OH excluding ortho intramolecular Hbond substituents is 1. The Labute approximate surface area is 138 Å². The number of ether oxygens (including phenoxy) is 1. The molecule has 1 aliphatic rings. The summed E-state index contributed by atoms with van der Waals surface area (Å²) in [6.07, 6.45) is 2.09. The first-order chi connectivity index (χ1) is 10.9. The number of amidine groups is 1. The highest BCUT2D eigenvalue weighted by atomic mass is 35.5. The van der Waals surface area contributed by atoms with E-state index in [1.54, 1.807) is 0 Å². The summed E-state index contributed by atoms with van der Waals surface area (Å²) in [7, 11) is 1.19. The maximum absolute atomic E-state index is 13.5. The molecular weight excluding hydrogens is 349 g/mol. The van der Waals surface area contributed by atoms with Crippen molar-refractivity contribution < 1.29 is 23.8 Å². The number of hydrogen-bond acceptors (Lipinski definition) is 7. The lowest BCUT2D eigenvalue weighted by molar-refractivity contribution is -0.135. The molecule has 0 aromatic heterocycles. The van der Waals surface area contributed by atoms with E-state index in [2.05, 4.69) is 20.3 Å². The Balaban J connectivity index is 2.13. The first kappa shape index (κ1) is 17.0. The third-order valence-electron chi connectivity index (χ3n) is 2.51. The van der Waals surface area contributed by atoms with Gasteiger partial charge in [-0.25, -0.2) is 9.18 Å². The lowest BCUT2D eigenvalue weighted by Gasteiger charge is -1.99. The van der Waals surface area contributed by atoms with E-state index in [4.69, 9.17) is 11.6 Å². The van der Waals surface area contributed by atoms with E-state index >= 15 is 0 Å². The highest BCUT2D eigenvalue weighted by Crippen LogP contribution is 2.26. The van der Waals surface area contributed by atoms with Crippen LogP contribution in [0, 0.1) is 5.82 Å². The average Bonchev–Trinajstić information content (AvgIpc) is 2.84. The summed E-state index contributed by atoms with van der Waals surface area (Å²) in [4.78, 5) is 22.7. The van der Waals surface area contributed by atoms with Crippen LogP contribution in [0.1, 0.15) is 5.56 Å². The lowest BCUT2D eigenvalue weighted by Crippen LogP contribution is -2.19. The standard InChI is InChI=1S/C13H9ClFN3O4S/c1-22-11(20)4-10-12(21)17-13(23-10)18-16-5-6-2-7(14)9(19)3-8(6)15/h2-5,19H,1H3,(H,17,18,21)/b10-4+,16-5?. The van der Waals surface area contributed by atoms with Crippen molar-refractivity contribution in [1.29, 1.82) is 0 Å². The van der Waals surface area contributed by atoms with Crippen molar-refractivity contribution in [2.45, 2.75) is 0 Å². The molecule has 1 heterocycles. The summed E-state index contributed by atoms with van der Waals surface area (Å²) >= 11 is 6.55. The topological polar surface area (TPSA) is 100 Å². The quantitative estimate of drug-likeness (QED) is 0.372. The molecule has 0 atom stereocenters. The van der Waals surface area contributed by atoms with Crippen LogP contribution in [0.15, 0.2) is 33.3 Å². The Bertz CT molecular complexity index is 764. The molecule has 0 spiro atoms. The summed E-state index contributed by atoms with van der Waals surface area (Å²) in [5, 5.41) is 19.0. The highest BCUT2D eigenvalue weighted by Gasteiger charge is 2.25. The van der Waals surface area contributed by atoms with Crippen molar-refractivity contribution in [2.75, 3.05) is 7.11 Å². The zero-order chi connectivity index (χ0) is 17.0. The fourth-order valence-corrected chi connectivity index (χ4v) is 2.35. The number of benzene rings is 1. The van der Waals surface area contributed by atoms with Gasteiger partial charge in [0.25, 0.3) is 5.91 Å². The van der Waals surface area contributed by atoms with E-state index in [0.717, 1.165) is 30.1 Å². The van der Waals surface area contributed by atoms with Gasteiger partial charge in [0.2, 0.25) is 0 Å². The molecule has 1 aromatic rings. The number of phenols is 1. The molecule has 0 aliphatic carbocycles. The molecule has 10 heteroatoms. The Morgan fingerprint density at radius 1 is 1.52 bits per heavy atom. The van der Waals surface area contributed by atoms with E-state index < -0.39 is 17.7 Å². The molecule has 23 heavy (non-hydrogen) atoms.